The van der Waals surface area contributed by atoms with Gasteiger partial charge in [0.2, 0.25) is 0 Å². The Bertz CT molecular complexity index is 504. The van der Waals surface area contributed by atoms with Crippen molar-refractivity contribution in [3.63, 3.8) is 0 Å². The second-order valence-electron chi connectivity index (χ2n) is 11.8. The molecular weight excluding hydrogens is 424 g/mol. The number of unbranched alkanes of at least 4 members (excludes halogenated alkanes) is 14. The van der Waals surface area contributed by atoms with Crippen molar-refractivity contribution >= 4 is 11.9 Å². The normalized spacial score (nSPS) is 20.5. The van der Waals surface area contributed by atoms with E-state index in [4.69, 9.17) is 9.47 Å². The van der Waals surface area contributed by atoms with Crippen LogP contribution in [0.3, 0.4) is 0 Å². The van der Waals surface area contributed by atoms with E-state index >= 15 is 0 Å². The molecule has 0 bridgehead atoms. The van der Waals surface area contributed by atoms with Crippen LogP contribution < -0.4 is 0 Å². The molecule has 4 heteroatoms. The summed E-state index contributed by atoms with van der Waals surface area (Å²) in [7, 11) is 0. The van der Waals surface area contributed by atoms with Crippen LogP contribution in [0.4, 0.5) is 0 Å². The Balaban J connectivity index is 2.27. The predicted octanol–water partition coefficient (Wildman–Crippen LogP) is 8.94. The number of rotatable bonds is 20. The fourth-order valence-electron chi connectivity index (χ4n) is 5.89. The van der Waals surface area contributed by atoms with E-state index in [0.29, 0.717) is 12.8 Å². The van der Waals surface area contributed by atoms with Crippen molar-refractivity contribution in [2.75, 3.05) is 0 Å². The van der Waals surface area contributed by atoms with Crippen LogP contribution in [0.25, 0.3) is 0 Å². The molecule has 0 aromatic carbocycles. The minimum atomic E-state index is -0.354. The lowest BCUT2D eigenvalue weighted by molar-refractivity contribution is -0.268. The molecule has 0 saturated heterocycles. The van der Waals surface area contributed by atoms with E-state index in [-0.39, 0.29) is 35.0 Å². The number of carbonyl (C=O) groups excluding carboxylic acids is 2. The van der Waals surface area contributed by atoms with Gasteiger partial charge in [-0.2, -0.15) is 0 Å². The molecule has 4 nitrogen and oxygen atoms in total. The van der Waals surface area contributed by atoms with Gasteiger partial charge in [-0.1, -0.05) is 131 Å². The molecule has 0 N–H and O–H groups in total. The van der Waals surface area contributed by atoms with Crippen LogP contribution in [0.5, 0.6) is 0 Å². The standard InChI is InChI=1S/C30H56O4/c1-7-9-11-13-15-17-19-21-23-25(31)33-27-29(3,4)28(30(27,5)6)34-26(32)24-22-20-18-16-14-12-10-8-2/h27-28H,7-24H2,1-6H3. The molecule has 1 aliphatic rings. The smallest absolute Gasteiger partial charge is 0.306 e. The molecule has 1 aliphatic carbocycles. The SMILES string of the molecule is CCCCCCCCCCC(=O)OC1C(C)(C)C(OC(=O)CCCCCCCCCC)C1(C)C. The highest BCUT2D eigenvalue weighted by Crippen LogP contribution is 2.57. The Kier molecular flexibility index (Phi) is 15.1. The van der Waals surface area contributed by atoms with Gasteiger partial charge in [0.25, 0.3) is 0 Å². The lowest BCUT2D eigenvalue weighted by Crippen LogP contribution is -2.69. The van der Waals surface area contributed by atoms with Crippen molar-refractivity contribution in [3.8, 4) is 0 Å². The molecule has 0 atom stereocenters. The van der Waals surface area contributed by atoms with Gasteiger partial charge in [-0.05, 0) is 12.8 Å². The van der Waals surface area contributed by atoms with Crippen molar-refractivity contribution in [3.05, 3.63) is 0 Å². The molecule has 34 heavy (non-hydrogen) atoms. The lowest BCUT2D eigenvalue weighted by atomic mass is 9.51. The maximum atomic E-state index is 12.5. The van der Waals surface area contributed by atoms with Gasteiger partial charge in [0, 0.05) is 23.7 Å². The second-order valence-corrected chi connectivity index (χ2v) is 11.8. The molecule has 1 fully saturated rings. The summed E-state index contributed by atoms with van der Waals surface area (Å²) in [6, 6.07) is 0. The topological polar surface area (TPSA) is 52.6 Å². The fourth-order valence-corrected chi connectivity index (χ4v) is 5.89. The van der Waals surface area contributed by atoms with Crippen LogP contribution in [0.1, 0.15) is 157 Å². The molecule has 0 aromatic rings. The fraction of sp³-hybridized carbons (Fsp3) is 0.933. The third-order valence-corrected chi connectivity index (χ3v) is 7.67. The van der Waals surface area contributed by atoms with Gasteiger partial charge in [0.15, 0.2) is 0 Å². The third-order valence-electron chi connectivity index (χ3n) is 7.67. The molecule has 0 aromatic heterocycles. The van der Waals surface area contributed by atoms with Crippen molar-refractivity contribution in [1.29, 1.82) is 0 Å². The van der Waals surface area contributed by atoms with Gasteiger partial charge < -0.3 is 9.47 Å². The molecule has 0 heterocycles. The van der Waals surface area contributed by atoms with Gasteiger partial charge in [-0.3, -0.25) is 9.59 Å². The zero-order valence-electron chi connectivity index (χ0n) is 23.5. The zero-order chi connectivity index (χ0) is 25.5. The average molecular weight is 481 g/mol. The van der Waals surface area contributed by atoms with Gasteiger partial charge in [-0.15, -0.1) is 0 Å². The van der Waals surface area contributed by atoms with Crippen molar-refractivity contribution < 1.29 is 19.1 Å². The number of hydrogen-bond acceptors (Lipinski definition) is 4. The van der Waals surface area contributed by atoms with Crippen LogP contribution >= 0.6 is 0 Å². The van der Waals surface area contributed by atoms with Crippen molar-refractivity contribution in [2.24, 2.45) is 10.8 Å². The first-order valence-corrected chi connectivity index (χ1v) is 14.6. The Morgan fingerprint density at radius 3 is 1.06 bits per heavy atom. The van der Waals surface area contributed by atoms with Gasteiger partial charge in [-0.25, -0.2) is 0 Å². The summed E-state index contributed by atoms with van der Waals surface area (Å²) < 4.78 is 11.8. The first kappa shape index (κ1) is 31.0. The summed E-state index contributed by atoms with van der Waals surface area (Å²) in [5.41, 5.74) is -0.708. The molecule has 0 spiro atoms. The second kappa shape index (κ2) is 16.6. The lowest BCUT2D eigenvalue weighted by Gasteiger charge is -2.61. The first-order chi connectivity index (χ1) is 16.2. The number of ether oxygens (including phenoxy) is 2. The monoisotopic (exact) mass is 480 g/mol. The molecule has 200 valence electrons. The van der Waals surface area contributed by atoms with Gasteiger partial charge in [0.05, 0.1) is 0 Å². The molecule has 0 unspecified atom stereocenters. The maximum absolute atomic E-state index is 12.5. The summed E-state index contributed by atoms with van der Waals surface area (Å²) in [6.45, 7) is 12.7. The minimum absolute atomic E-state index is 0.110. The summed E-state index contributed by atoms with van der Waals surface area (Å²) in [5, 5.41) is 0. The predicted molar refractivity (Wildman–Crippen MR) is 142 cm³/mol. The highest BCUT2D eigenvalue weighted by Gasteiger charge is 2.66. The molecule has 1 saturated carbocycles. The highest BCUT2D eigenvalue weighted by atomic mass is 16.6. The minimum Gasteiger partial charge on any atom is -0.461 e. The van der Waals surface area contributed by atoms with Crippen LogP contribution in [0, 0.1) is 10.8 Å². The van der Waals surface area contributed by atoms with E-state index in [2.05, 4.69) is 41.5 Å². The van der Waals surface area contributed by atoms with Crippen molar-refractivity contribution in [1.82, 2.24) is 0 Å². The van der Waals surface area contributed by atoms with E-state index in [1.165, 1.54) is 77.0 Å². The summed E-state index contributed by atoms with van der Waals surface area (Å²) in [5.74, 6) is -0.221. The summed E-state index contributed by atoms with van der Waals surface area (Å²) >= 11 is 0. The largest absolute Gasteiger partial charge is 0.461 e. The molecular formula is C30H56O4. The maximum Gasteiger partial charge on any atom is 0.306 e. The number of carbonyl (C=O) groups is 2. The third kappa shape index (κ3) is 10.7. The first-order valence-electron chi connectivity index (χ1n) is 14.6. The van der Waals surface area contributed by atoms with Crippen molar-refractivity contribution in [2.45, 2.75) is 169 Å². The molecule has 0 radical (unpaired) electrons. The summed E-state index contributed by atoms with van der Waals surface area (Å²) in [6.07, 6.45) is 19.9. The Morgan fingerprint density at radius 1 is 0.500 bits per heavy atom. The van der Waals surface area contributed by atoms with E-state index in [0.717, 1.165) is 25.7 Å². The molecule has 0 amide bonds. The average Bonchev–Trinajstić information content (AvgIpc) is 2.79. The van der Waals surface area contributed by atoms with Gasteiger partial charge in [0.1, 0.15) is 12.2 Å². The van der Waals surface area contributed by atoms with Crippen LogP contribution in [-0.4, -0.2) is 24.1 Å². The molecule has 1 rings (SSSR count). The number of esters is 2. The van der Waals surface area contributed by atoms with E-state index < -0.39 is 0 Å². The highest BCUT2D eigenvalue weighted by molar-refractivity contribution is 5.71. The number of hydrogen-bond donors (Lipinski definition) is 0. The van der Waals surface area contributed by atoms with Gasteiger partial charge >= 0.3 is 11.9 Å². The van der Waals surface area contributed by atoms with E-state index in [9.17, 15) is 9.59 Å². The van der Waals surface area contributed by atoms with Crippen LogP contribution in [0.2, 0.25) is 0 Å². The van der Waals surface area contributed by atoms with Crippen LogP contribution in [-0.2, 0) is 19.1 Å². The van der Waals surface area contributed by atoms with Crippen LogP contribution in [0.15, 0.2) is 0 Å². The Labute approximate surface area is 211 Å². The Morgan fingerprint density at radius 2 is 0.765 bits per heavy atom. The Hall–Kier alpha value is -1.06. The zero-order valence-corrected chi connectivity index (χ0v) is 23.5. The van der Waals surface area contributed by atoms with E-state index in [1.54, 1.807) is 0 Å². The summed E-state index contributed by atoms with van der Waals surface area (Å²) in [4.78, 5) is 25.0. The van der Waals surface area contributed by atoms with E-state index in [1.807, 2.05) is 0 Å². The molecule has 0 aliphatic heterocycles. The quantitative estimate of drug-likeness (QED) is 0.129.